The number of carbonyl (C=O) groups is 2. The van der Waals surface area contributed by atoms with Crippen molar-refractivity contribution in [1.29, 1.82) is 5.26 Å². The Hall–Kier alpha value is -6.60. The molecule has 1 aromatic carbocycles. The van der Waals surface area contributed by atoms with Gasteiger partial charge in [-0.15, -0.1) is 0 Å². The zero-order valence-electron chi connectivity index (χ0n) is 36.0. The molecule has 15 nitrogen and oxygen atoms in total. The molecule has 2 N–H and O–H groups in total. The van der Waals surface area contributed by atoms with Crippen molar-refractivity contribution in [3.05, 3.63) is 103 Å². The Kier molecular flexibility index (Phi) is 11.3. The highest BCUT2D eigenvalue weighted by atomic mass is 19.1. The first-order valence-electron chi connectivity index (χ1n) is 22.7. The van der Waals surface area contributed by atoms with Crippen LogP contribution in [0, 0.1) is 17.1 Å². The van der Waals surface area contributed by atoms with E-state index >= 15 is 4.39 Å². The van der Waals surface area contributed by atoms with Crippen LogP contribution in [0.15, 0.2) is 79.8 Å². The molecule has 6 aromatic rings. The van der Waals surface area contributed by atoms with Gasteiger partial charge in [0.05, 0.1) is 36.0 Å². The van der Waals surface area contributed by atoms with Crippen LogP contribution in [-0.2, 0) is 15.0 Å². The van der Waals surface area contributed by atoms with Gasteiger partial charge in [-0.05, 0) is 119 Å². The van der Waals surface area contributed by atoms with Crippen molar-refractivity contribution in [3.63, 3.8) is 0 Å². The molecular formula is C48H52FN13O2. The van der Waals surface area contributed by atoms with Gasteiger partial charge in [0, 0.05) is 72.6 Å². The van der Waals surface area contributed by atoms with E-state index in [2.05, 4.69) is 59.4 Å². The second-order valence-corrected chi connectivity index (χ2v) is 17.9. The van der Waals surface area contributed by atoms with Gasteiger partial charge in [-0.2, -0.15) is 15.5 Å². The SMILES string of the molecule is CCC1(c2ncccn2)CCN(c2ccc(-c3nc(-c4cnn(C5CCC(N6CCC(c7ccc(NC8CCC(=O)NC8=O)cc7F)CC6)CC5)c4)cn4ncc(C#N)c34)cn2)CC1. The molecule has 0 radical (unpaired) electrons. The maximum Gasteiger partial charge on any atom is 0.249 e. The summed E-state index contributed by atoms with van der Waals surface area (Å²) in [7, 11) is 0. The fourth-order valence-electron chi connectivity index (χ4n) is 10.5. The Morgan fingerprint density at radius 1 is 0.875 bits per heavy atom. The van der Waals surface area contributed by atoms with E-state index in [9.17, 15) is 14.9 Å². The van der Waals surface area contributed by atoms with Crippen molar-refractivity contribution >= 4 is 28.8 Å². The molecule has 328 valence electrons. The molecule has 10 rings (SSSR count). The number of hydrogen-bond acceptors (Lipinski definition) is 12. The zero-order valence-corrected chi connectivity index (χ0v) is 36.0. The van der Waals surface area contributed by atoms with E-state index in [-0.39, 0.29) is 41.4 Å². The standard InChI is InChI=1S/C48H52FN13O2/c1-2-48(47-51-18-3-19-52-47)16-22-60(23-17-48)42-12-4-32(26-53-42)44-45-33(25-50)27-55-62(45)30-41(57-44)34-28-54-61(29-34)37-8-6-36(7-9-37)59-20-14-31(15-21-59)38-10-5-35(24-39(38)49)56-40-11-13-43(63)58-46(40)64/h3-5,10,12,18-19,24,26-31,36-37,40,56H,2,6-9,11,13-17,20-23H2,1H3,(H,58,63,64). The Bertz CT molecular complexity index is 2690. The number of anilines is 2. The minimum absolute atomic E-state index is 0.0294. The predicted octanol–water partition coefficient (Wildman–Crippen LogP) is 6.98. The summed E-state index contributed by atoms with van der Waals surface area (Å²) >= 11 is 0. The fourth-order valence-corrected chi connectivity index (χ4v) is 10.5. The van der Waals surface area contributed by atoms with Crippen molar-refractivity contribution in [2.45, 2.75) is 107 Å². The van der Waals surface area contributed by atoms with E-state index in [1.807, 2.05) is 61.3 Å². The van der Waals surface area contributed by atoms with E-state index < -0.39 is 6.04 Å². The third-order valence-electron chi connectivity index (χ3n) is 14.4. The summed E-state index contributed by atoms with van der Waals surface area (Å²) in [4.78, 5) is 47.9. The van der Waals surface area contributed by atoms with Gasteiger partial charge in [0.15, 0.2) is 0 Å². The Balaban J connectivity index is 0.765. The molecule has 3 saturated heterocycles. The van der Waals surface area contributed by atoms with Crippen LogP contribution in [0.2, 0.25) is 0 Å². The van der Waals surface area contributed by atoms with E-state index in [0.29, 0.717) is 40.6 Å². The number of piperidine rings is 3. The molecule has 3 aliphatic heterocycles. The van der Waals surface area contributed by atoms with Gasteiger partial charge >= 0.3 is 0 Å². The van der Waals surface area contributed by atoms with Crippen LogP contribution in [0.5, 0.6) is 0 Å². The number of nitrogens with zero attached hydrogens (tertiary/aromatic N) is 11. The number of pyridine rings is 1. The van der Waals surface area contributed by atoms with Crippen LogP contribution in [0.1, 0.15) is 106 Å². The Morgan fingerprint density at radius 3 is 2.36 bits per heavy atom. The number of nitriles is 1. The molecule has 1 aliphatic carbocycles. The summed E-state index contributed by atoms with van der Waals surface area (Å²) in [6, 6.07) is 13.6. The van der Waals surface area contributed by atoms with Crippen molar-refractivity contribution in [2.24, 2.45) is 0 Å². The lowest BCUT2D eigenvalue weighted by Crippen LogP contribution is -2.47. The first kappa shape index (κ1) is 41.4. The van der Waals surface area contributed by atoms with Crippen LogP contribution in [0.3, 0.4) is 0 Å². The number of fused-ring (bicyclic) bond motifs is 1. The number of likely N-dealkylation sites (tertiary alicyclic amines) is 1. The molecule has 1 saturated carbocycles. The number of imide groups is 1. The molecule has 1 atom stereocenters. The van der Waals surface area contributed by atoms with Crippen LogP contribution < -0.4 is 15.5 Å². The number of halogens is 1. The topological polar surface area (TPSA) is 175 Å². The highest BCUT2D eigenvalue weighted by Crippen LogP contribution is 2.39. The molecule has 0 spiro atoms. The highest BCUT2D eigenvalue weighted by molar-refractivity contribution is 6.01. The maximum absolute atomic E-state index is 15.4. The maximum atomic E-state index is 15.4. The molecule has 0 bridgehead atoms. The summed E-state index contributed by atoms with van der Waals surface area (Å²) in [6.07, 6.45) is 22.4. The third-order valence-corrected chi connectivity index (χ3v) is 14.4. The van der Waals surface area contributed by atoms with Crippen molar-refractivity contribution in [3.8, 4) is 28.6 Å². The lowest BCUT2D eigenvalue weighted by atomic mass is 9.75. The van der Waals surface area contributed by atoms with Gasteiger partial charge in [0.25, 0.3) is 0 Å². The van der Waals surface area contributed by atoms with Crippen molar-refractivity contribution in [1.82, 2.24) is 49.5 Å². The molecular weight excluding hydrogens is 810 g/mol. The highest BCUT2D eigenvalue weighted by Gasteiger charge is 2.38. The summed E-state index contributed by atoms with van der Waals surface area (Å²) in [5.41, 5.74) is 5.40. The van der Waals surface area contributed by atoms with Crippen LogP contribution in [0.25, 0.3) is 28.0 Å². The van der Waals surface area contributed by atoms with Crippen LogP contribution in [-0.4, -0.2) is 94.3 Å². The summed E-state index contributed by atoms with van der Waals surface area (Å²) in [5, 5.41) is 24.8. The number of rotatable bonds is 10. The minimum atomic E-state index is -0.544. The average molecular weight is 862 g/mol. The number of nitrogens with one attached hydrogen (secondary N) is 2. The molecule has 2 amide bonds. The van der Waals surface area contributed by atoms with Gasteiger partial charge in [-0.25, -0.2) is 28.8 Å². The molecule has 4 fully saturated rings. The fraction of sp³-hybridized carbons (Fsp3) is 0.438. The first-order chi connectivity index (χ1) is 31.3. The Labute approximate surface area is 371 Å². The van der Waals surface area contributed by atoms with Gasteiger partial charge < -0.3 is 15.1 Å². The third kappa shape index (κ3) is 8.09. The van der Waals surface area contributed by atoms with E-state index in [1.54, 1.807) is 10.7 Å². The largest absolute Gasteiger partial charge is 0.374 e. The summed E-state index contributed by atoms with van der Waals surface area (Å²) in [5.74, 6) is 1.09. The second kappa shape index (κ2) is 17.5. The molecule has 4 aliphatic rings. The monoisotopic (exact) mass is 861 g/mol. The molecule has 64 heavy (non-hydrogen) atoms. The van der Waals surface area contributed by atoms with Gasteiger partial charge in [-0.3, -0.25) is 19.6 Å². The van der Waals surface area contributed by atoms with Gasteiger partial charge in [0.2, 0.25) is 11.8 Å². The van der Waals surface area contributed by atoms with Crippen LogP contribution >= 0.6 is 0 Å². The van der Waals surface area contributed by atoms with E-state index in [0.717, 1.165) is 112 Å². The number of aromatic nitrogens is 8. The van der Waals surface area contributed by atoms with Crippen LogP contribution in [0.4, 0.5) is 15.9 Å². The van der Waals surface area contributed by atoms with Crippen molar-refractivity contribution < 1.29 is 14.0 Å². The predicted molar refractivity (Wildman–Crippen MR) is 239 cm³/mol. The number of benzene rings is 1. The molecule has 1 unspecified atom stereocenters. The lowest BCUT2D eigenvalue weighted by Gasteiger charge is -2.41. The quantitative estimate of drug-likeness (QED) is 0.135. The van der Waals surface area contributed by atoms with E-state index in [1.165, 1.54) is 6.07 Å². The van der Waals surface area contributed by atoms with Gasteiger partial charge in [-0.1, -0.05) is 13.0 Å². The lowest BCUT2D eigenvalue weighted by molar-refractivity contribution is -0.133. The van der Waals surface area contributed by atoms with Crippen molar-refractivity contribution in [2.75, 3.05) is 36.4 Å². The second-order valence-electron chi connectivity index (χ2n) is 17.9. The smallest absolute Gasteiger partial charge is 0.249 e. The molecule has 5 aromatic heterocycles. The Morgan fingerprint density at radius 2 is 1.66 bits per heavy atom. The molecule has 8 heterocycles. The normalized spacial score (nSPS) is 22.0. The number of carbonyl (C=O) groups excluding carboxylic acids is 2. The van der Waals surface area contributed by atoms with Gasteiger partial charge in [0.1, 0.15) is 40.7 Å². The minimum Gasteiger partial charge on any atom is -0.374 e. The first-order valence-corrected chi connectivity index (χ1v) is 22.7. The zero-order chi connectivity index (χ0) is 43.8. The van der Waals surface area contributed by atoms with E-state index in [4.69, 9.17) is 15.1 Å². The average Bonchev–Trinajstić information content (AvgIpc) is 4.01. The summed E-state index contributed by atoms with van der Waals surface area (Å²) in [6.45, 7) is 5.80. The molecule has 16 heteroatoms. The number of amides is 2. The summed E-state index contributed by atoms with van der Waals surface area (Å²) < 4.78 is 19.2. The number of hydrogen-bond donors (Lipinski definition) is 2.